The Bertz CT molecular complexity index is 952. The van der Waals surface area contributed by atoms with Crippen molar-refractivity contribution in [3.8, 4) is 0 Å². The Morgan fingerprint density at radius 2 is 2.03 bits per heavy atom. The van der Waals surface area contributed by atoms with Gasteiger partial charge in [-0.3, -0.25) is 14.5 Å². The summed E-state index contributed by atoms with van der Waals surface area (Å²) in [7, 11) is 0. The van der Waals surface area contributed by atoms with Crippen LogP contribution in [0.25, 0.3) is 6.08 Å². The first-order valence-electron chi connectivity index (χ1n) is 8.84. The Balaban J connectivity index is 1.53. The summed E-state index contributed by atoms with van der Waals surface area (Å²) in [4.78, 5) is 38.2. The van der Waals surface area contributed by atoms with E-state index < -0.39 is 5.97 Å². The highest BCUT2D eigenvalue weighted by Gasteiger charge is 2.32. The molecule has 2 amide bonds. The average Bonchev–Trinajstić information content (AvgIpc) is 3.30. The van der Waals surface area contributed by atoms with Crippen LogP contribution in [0, 0.1) is 0 Å². The number of anilines is 1. The summed E-state index contributed by atoms with van der Waals surface area (Å²) < 4.78 is 10.5. The quantitative estimate of drug-likeness (QED) is 0.407. The van der Waals surface area contributed by atoms with Crippen molar-refractivity contribution in [1.29, 1.82) is 0 Å². The molecule has 2 aromatic rings. The van der Waals surface area contributed by atoms with E-state index in [1.54, 1.807) is 49.4 Å². The molecule has 9 heteroatoms. The largest absolute Gasteiger partial charge is 0.465 e. The van der Waals surface area contributed by atoms with E-state index in [2.05, 4.69) is 5.32 Å². The fourth-order valence-corrected chi connectivity index (χ4v) is 3.82. The van der Waals surface area contributed by atoms with Gasteiger partial charge in [0, 0.05) is 24.7 Å². The van der Waals surface area contributed by atoms with E-state index in [1.165, 1.54) is 22.9 Å². The number of thioether (sulfide) groups is 1. The number of benzene rings is 1. The molecule has 1 fully saturated rings. The molecule has 0 unspecified atom stereocenters. The predicted octanol–water partition coefficient (Wildman–Crippen LogP) is 3.69. The van der Waals surface area contributed by atoms with Crippen LogP contribution in [0.2, 0.25) is 0 Å². The van der Waals surface area contributed by atoms with Crippen molar-refractivity contribution in [2.24, 2.45) is 0 Å². The molecule has 0 aliphatic carbocycles. The number of carbonyl (C=O) groups excluding carboxylic acids is 3. The van der Waals surface area contributed by atoms with Gasteiger partial charge in [-0.25, -0.2) is 4.79 Å². The van der Waals surface area contributed by atoms with Crippen LogP contribution < -0.4 is 5.32 Å². The van der Waals surface area contributed by atoms with Gasteiger partial charge in [0.25, 0.3) is 5.91 Å². The molecule has 1 aromatic heterocycles. The molecular formula is C20H18N2O5S2. The maximum Gasteiger partial charge on any atom is 0.338 e. The molecule has 0 radical (unpaired) electrons. The van der Waals surface area contributed by atoms with Crippen molar-refractivity contribution in [3.05, 3.63) is 58.9 Å². The Hall–Kier alpha value is -2.91. The maximum absolute atomic E-state index is 12.5. The summed E-state index contributed by atoms with van der Waals surface area (Å²) in [5.74, 6) is -0.363. The molecule has 0 spiro atoms. The van der Waals surface area contributed by atoms with Gasteiger partial charge in [0.15, 0.2) is 0 Å². The molecule has 7 nitrogen and oxygen atoms in total. The normalized spacial score (nSPS) is 15.1. The van der Waals surface area contributed by atoms with Crippen LogP contribution in [0.3, 0.4) is 0 Å². The number of carbonyl (C=O) groups is 3. The van der Waals surface area contributed by atoms with Crippen LogP contribution in [-0.4, -0.2) is 40.2 Å². The Kier molecular flexibility index (Phi) is 6.84. The van der Waals surface area contributed by atoms with E-state index in [0.29, 0.717) is 32.8 Å². The summed E-state index contributed by atoms with van der Waals surface area (Å²) in [6.45, 7) is 2.20. The molecule has 2 heterocycles. The lowest BCUT2D eigenvalue weighted by Gasteiger charge is -2.14. The third-order valence-electron chi connectivity index (χ3n) is 3.93. The van der Waals surface area contributed by atoms with Crippen LogP contribution in [0.4, 0.5) is 5.69 Å². The van der Waals surface area contributed by atoms with E-state index in [9.17, 15) is 14.4 Å². The van der Waals surface area contributed by atoms with E-state index >= 15 is 0 Å². The van der Waals surface area contributed by atoms with Crippen molar-refractivity contribution in [3.63, 3.8) is 0 Å². The molecule has 1 saturated heterocycles. The lowest BCUT2D eigenvalue weighted by Crippen LogP contribution is -2.31. The zero-order valence-corrected chi connectivity index (χ0v) is 17.2. The summed E-state index contributed by atoms with van der Waals surface area (Å²) in [5, 5.41) is 2.73. The zero-order chi connectivity index (χ0) is 20.8. The minimum Gasteiger partial charge on any atom is -0.465 e. The number of furan rings is 1. The van der Waals surface area contributed by atoms with Gasteiger partial charge in [0.2, 0.25) is 5.91 Å². The monoisotopic (exact) mass is 430 g/mol. The van der Waals surface area contributed by atoms with Crippen molar-refractivity contribution < 1.29 is 23.5 Å². The Labute approximate surface area is 177 Å². The molecule has 150 valence electrons. The SMILES string of the molecule is CCOC(=O)c1ccc(NC(=O)CCN2C(=O)/C(=C/c3ccco3)SC2=S)cc1. The number of nitrogens with one attached hydrogen (secondary N) is 1. The van der Waals surface area contributed by atoms with E-state index in [4.69, 9.17) is 21.4 Å². The number of thiocarbonyl (C=S) groups is 1. The number of hydrogen-bond donors (Lipinski definition) is 1. The van der Waals surface area contributed by atoms with Crippen LogP contribution in [0.15, 0.2) is 52.0 Å². The van der Waals surface area contributed by atoms with Gasteiger partial charge in [-0.1, -0.05) is 24.0 Å². The number of ether oxygens (including phenoxy) is 1. The fourth-order valence-electron chi connectivity index (χ4n) is 2.54. The lowest BCUT2D eigenvalue weighted by molar-refractivity contribution is -0.122. The predicted molar refractivity (Wildman–Crippen MR) is 114 cm³/mol. The van der Waals surface area contributed by atoms with E-state index in [1.807, 2.05) is 0 Å². The van der Waals surface area contributed by atoms with Crippen LogP contribution >= 0.6 is 24.0 Å². The first-order chi connectivity index (χ1) is 14.0. The van der Waals surface area contributed by atoms with Gasteiger partial charge in [0.1, 0.15) is 10.1 Å². The molecule has 3 rings (SSSR count). The third kappa shape index (κ3) is 5.33. The second kappa shape index (κ2) is 9.53. The summed E-state index contributed by atoms with van der Waals surface area (Å²) in [5.41, 5.74) is 0.955. The van der Waals surface area contributed by atoms with E-state index in [-0.39, 0.29) is 24.8 Å². The van der Waals surface area contributed by atoms with Gasteiger partial charge < -0.3 is 14.5 Å². The molecule has 1 aliphatic heterocycles. The Morgan fingerprint density at radius 3 is 2.69 bits per heavy atom. The Morgan fingerprint density at radius 1 is 1.28 bits per heavy atom. The minimum atomic E-state index is -0.414. The van der Waals surface area contributed by atoms with Gasteiger partial charge in [-0.05, 0) is 43.3 Å². The number of esters is 1. The molecule has 1 N–H and O–H groups in total. The van der Waals surface area contributed by atoms with Crippen LogP contribution in [-0.2, 0) is 14.3 Å². The number of amides is 2. The second-order valence-electron chi connectivity index (χ2n) is 5.94. The topological polar surface area (TPSA) is 88.9 Å². The molecule has 0 saturated carbocycles. The summed E-state index contributed by atoms with van der Waals surface area (Å²) >= 11 is 6.43. The molecule has 29 heavy (non-hydrogen) atoms. The van der Waals surface area contributed by atoms with Crippen LogP contribution in [0.1, 0.15) is 29.5 Å². The third-order valence-corrected chi connectivity index (χ3v) is 5.31. The standard InChI is InChI=1S/C20H18N2O5S2/c1-2-26-19(25)13-5-7-14(8-6-13)21-17(23)9-10-22-18(24)16(29-20(22)28)12-15-4-3-11-27-15/h3-8,11-12H,2,9-10H2,1H3,(H,21,23)/b16-12-. The molecule has 1 aromatic carbocycles. The molecule has 0 bridgehead atoms. The zero-order valence-electron chi connectivity index (χ0n) is 15.5. The second-order valence-corrected chi connectivity index (χ2v) is 7.62. The highest BCUT2D eigenvalue weighted by molar-refractivity contribution is 8.26. The minimum absolute atomic E-state index is 0.0834. The van der Waals surface area contributed by atoms with Crippen molar-refractivity contribution in [2.45, 2.75) is 13.3 Å². The first kappa shape index (κ1) is 20.8. The number of nitrogens with zero attached hydrogens (tertiary/aromatic N) is 1. The molecule has 1 aliphatic rings. The van der Waals surface area contributed by atoms with Gasteiger partial charge >= 0.3 is 5.97 Å². The van der Waals surface area contributed by atoms with Crippen molar-refractivity contribution in [1.82, 2.24) is 4.90 Å². The highest BCUT2D eigenvalue weighted by atomic mass is 32.2. The number of hydrogen-bond acceptors (Lipinski definition) is 7. The molecular weight excluding hydrogens is 412 g/mol. The van der Waals surface area contributed by atoms with Crippen molar-refractivity contribution >= 4 is 57.8 Å². The lowest BCUT2D eigenvalue weighted by atomic mass is 10.2. The highest BCUT2D eigenvalue weighted by Crippen LogP contribution is 2.32. The fraction of sp³-hybridized carbons (Fsp3) is 0.200. The molecule has 0 atom stereocenters. The smallest absolute Gasteiger partial charge is 0.338 e. The van der Waals surface area contributed by atoms with Crippen LogP contribution in [0.5, 0.6) is 0 Å². The van der Waals surface area contributed by atoms with Crippen molar-refractivity contribution in [2.75, 3.05) is 18.5 Å². The van der Waals surface area contributed by atoms with Gasteiger partial charge in [-0.2, -0.15) is 0 Å². The average molecular weight is 431 g/mol. The summed E-state index contributed by atoms with van der Waals surface area (Å²) in [6.07, 6.45) is 3.24. The van der Waals surface area contributed by atoms with E-state index in [0.717, 1.165) is 0 Å². The first-order valence-corrected chi connectivity index (χ1v) is 10.1. The number of rotatable bonds is 7. The van der Waals surface area contributed by atoms with Gasteiger partial charge in [0.05, 0.1) is 23.3 Å². The maximum atomic E-state index is 12.5. The summed E-state index contributed by atoms with van der Waals surface area (Å²) in [6, 6.07) is 9.87. The van der Waals surface area contributed by atoms with Gasteiger partial charge in [-0.15, -0.1) is 0 Å².